The van der Waals surface area contributed by atoms with E-state index in [-0.39, 0.29) is 5.92 Å². The molecule has 3 nitrogen and oxygen atoms in total. The highest BCUT2D eigenvalue weighted by Gasteiger charge is 2.59. The van der Waals surface area contributed by atoms with E-state index >= 15 is 0 Å². The van der Waals surface area contributed by atoms with Gasteiger partial charge >= 0.3 is 5.97 Å². The summed E-state index contributed by atoms with van der Waals surface area (Å²) in [5, 5.41) is 8.95. The Morgan fingerprint density at radius 3 is 2.41 bits per heavy atom. The first kappa shape index (κ1) is 10.8. The number of carboxylic acids is 1. The molecule has 2 fully saturated rings. The van der Waals surface area contributed by atoms with Gasteiger partial charge in [-0.3, -0.25) is 9.69 Å². The molecule has 1 aliphatic carbocycles. The molecule has 0 spiro atoms. The van der Waals surface area contributed by atoms with Gasteiger partial charge in [0.1, 0.15) is 0 Å². The molecule has 1 saturated carbocycles. The first-order chi connectivity index (χ1) is 8.15. The van der Waals surface area contributed by atoms with Crippen LogP contribution in [0.2, 0.25) is 0 Å². The molecule has 0 aromatic heterocycles. The fraction of sp³-hybridized carbons (Fsp3) is 0.500. The summed E-state index contributed by atoms with van der Waals surface area (Å²) in [4.78, 5) is 13.2. The molecule has 2 unspecified atom stereocenters. The number of hydrogen-bond donors (Lipinski definition) is 1. The van der Waals surface area contributed by atoms with Crippen LogP contribution >= 0.6 is 0 Å². The molecule has 0 bridgehead atoms. The van der Waals surface area contributed by atoms with E-state index < -0.39 is 5.97 Å². The normalized spacial score (nSPS) is 31.2. The topological polar surface area (TPSA) is 40.5 Å². The Bertz CT molecular complexity index is 428. The molecule has 1 N–H and O–H groups in total. The minimum atomic E-state index is -0.602. The van der Waals surface area contributed by atoms with Crippen LogP contribution in [0.5, 0.6) is 0 Å². The standard InChI is InChI=1S/C14H17NO2/c1-9-2-4-10(5-3-9)6-15-7-11-12(8-15)13(11)14(16)17/h2-5,11-13H,6-8H2,1H3,(H,16,17). The summed E-state index contributed by atoms with van der Waals surface area (Å²) in [5.41, 5.74) is 2.60. The second kappa shape index (κ2) is 3.84. The lowest BCUT2D eigenvalue weighted by molar-refractivity contribution is -0.139. The maximum atomic E-state index is 10.9. The van der Waals surface area contributed by atoms with Gasteiger partial charge in [0, 0.05) is 19.6 Å². The van der Waals surface area contributed by atoms with Crippen molar-refractivity contribution in [2.75, 3.05) is 13.1 Å². The van der Waals surface area contributed by atoms with Crippen LogP contribution in [-0.2, 0) is 11.3 Å². The van der Waals surface area contributed by atoms with Gasteiger partial charge in [0.15, 0.2) is 0 Å². The molecule has 0 amide bonds. The molecule has 2 atom stereocenters. The Kier molecular flexibility index (Phi) is 2.44. The van der Waals surface area contributed by atoms with Crippen LogP contribution in [0.1, 0.15) is 11.1 Å². The minimum absolute atomic E-state index is 0.0516. The molecule has 3 heteroatoms. The van der Waals surface area contributed by atoms with Crippen molar-refractivity contribution in [2.24, 2.45) is 17.8 Å². The first-order valence-electron chi connectivity index (χ1n) is 6.16. The number of rotatable bonds is 3. The average molecular weight is 231 g/mol. The van der Waals surface area contributed by atoms with Crippen molar-refractivity contribution in [3.63, 3.8) is 0 Å². The lowest BCUT2D eigenvalue weighted by atomic mass is 10.1. The molecular weight excluding hydrogens is 214 g/mol. The maximum Gasteiger partial charge on any atom is 0.307 e. The molecule has 1 aromatic rings. The summed E-state index contributed by atoms with van der Waals surface area (Å²) in [5.74, 6) is 0.176. The van der Waals surface area contributed by atoms with E-state index in [2.05, 4.69) is 36.1 Å². The van der Waals surface area contributed by atoms with Crippen molar-refractivity contribution in [2.45, 2.75) is 13.5 Å². The molecule has 1 aliphatic heterocycles. The Hall–Kier alpha value is -1.35. The minimum Gasteiger partial charge on any atom is -0.481 e. The van der Waals surface area contributed by atoms with Crippen molar-refractivity contribution in [3.8, 4) is 0 Å². The third-order valence-corrected chi connectivity index (χ3v) is 4.08. The third kappa shape index (κ3) is 1.95. The Labute approximate surface area is 101 Å². The fourth-order valence-corrected chi connectivity index (χ4v) is 3.06. The Balaban J connectivity index is 1.57. The van der Waals surface area contributed by atoms with Crippen LogP contribution in [0.25, 0.3) is 0 Å². The first-order valence-corrected chi connectivity index (χ1v) is 6.16. The van der Waals surface area contributed by atoms with Gasteiger partial charge in [-0.15, -0.1) is 0 Å². The number of aliphatic carboxylic acids is 1. The summed E-state index contributed by atoms with van der Waals surface area (Å²) in [6.07, 6.45) is 0. The predicted octanol–water partition coefficient (Wildman–Crippen LogP) is 1.76. The predicted molar refractivity (Wildman–Crippen MR) is 64.6 cm³/mol. The number of carboxylic acid groups (broad SMARTS) is 1. The van der Waals surface area contributed by atoms with Crippen LogP contribution in [0.4, 0.5) is 0 Å². The number of nitrogens with zero attached hydrogens (tertiary/aromatic N) is 1. The zero-order valence-corrected chi connectivity index (χ0v) is 9.97. The van der Waals surface area contributed by atoms with Gasteiger partial charge in [0.2, 0.25) is 0 Å². The number of fused-ring (bicyclic) bond motifs is 1. The lowest BCUT2D eigenvalue weighted by Gasteiger charge is -2.18. The largest absolute Gasteiger partial charge is 0.481 e. The number of aryl methyl sites for hydroxylation is 1. The van der Waals surface area contributed by atoms with Crippen molar-refractivity contribution in [3.05, 3.63) is 35.4 Å². The summed E-state index contributed by atoms with van der Waals surface area (Å²) in [7, 11) is 0. The van der Waals surface area contributed by atoms with Crippen LogP contribution in [0.15, 0.2) is 24.3 Å². The fourth-order valence-electron chi connectivity index (χ4n) is 3.06. The third-order valence-electron chi connectivity index (χ3n) is 4.08. The molecule has 1 heterocycles. The SMILES string of the molecule is Cc1ccc(CN2CC3C(C2)C3C(=O)O)cc1. The van der Waals surface area contributed by atoms with Crippen LogP contribution < -0.4 is 0 Å². The number of benzene rings is 1. The molecule has 0 radical (unpaired) electrons. The highest BCUT2D eigenvalue weighted by molar-refractivity contribution is 5.74. The Morgan fingerprint density at radius 2 is 1.88 bits per heavy atom. The lowest BCUT2D eigenvalue weighted by Crippen LogP contribution is -2.25. The molecule has 1 aromatic carbocycles. The summed E-state index contributed by atoms with van der Waals surface area (Å²) in [6, 6.07) is 8.58. The number of piperidine rings is 1. The summed E-state index contributed by atoms with van der Waals surface area (Å²) >= 11 is 0. The second-order valence-electron chi connectivity index (χ2n) is 5.37. The van der Waals surface area contributed by atoms with E-state index in [0.717, 1.165) is 19.6 Å². The van der Waals surface area contributed by atoms with Crippen molar-refractivity contribution in [1.29, 1.82) is 0 Å². The van der Waals surface area contributed by atoms with E-state index in [9.17, 15) is 4.79 Å². The summed E-state index contributed by atoms with van der Waals surface area (Å²) in [6.45, 7) is 4.96. The van der Waals surface area contributed by atoms with E-state index in [4.69, 9.17) is 5.11 Å². The van der Waals surface area contributed by atoms with E-state index in [1.165, 1.54) is 11.1 Å². The average Bonchev–Trinajstić information content (AvgIpc) is 2.81. The van der Waals surface area contributed by atoms with Gasteiger partial charge < -0.3 is 5.11 Å². The molecule has 90 valence electrons. The summed E-state index contributed by atoms with van der Waals surface area (Å²) < 4.78 is 0. The van der Waals surface area contributed by atoms with E-state index in [0.29, 0.717) is 11.8 Å². The van der Waals surface area contributed by atoms with Gasteiger partial charge in [-0.25, -0.2) is 0 Å². The smallest absolute Gasteiger partial charge is 0.307 e. The zero-order chi connectivity index (χ0) is 12.0. The number of likely N-dealkylation sites (tertiary alicyclic amines) is 1. The highest BCUT2D eigenvalue weighted by Crippen LogP contribution is 2.51. The van der Waals surface area contributed by atoms with Crippen LogP contribution in [0.3, 0.4) is 0 Å². The second-order valence-corrected chi connectivity index (χ2v) is 5.37. The van der Waals surface area contributed by atoms with Gasteiger partial charge in [0.05, 0.1) is 5.92 Å². The monoisotopic (exact) mass is 231 g/mol. The van der Waals surface area contributed by atoms with Gasteiger partial charge in [-0.2, -0.15) is 0 Å². The van der Waals surface area contributed by atoms with Crippen molar-refractivity contribution < 1.29 is 9.90 Å². The van der Waals surface area contributed by atoms with Crippen LogP contribution in [0, 0.1) is 24.7 Å². The molecule has 1 saturated heterocycles. The zero-order valence-electron chi connectivity index (χ0n) is 9.97. The van der Waals surface area contributed by atoms with Gasteiger partial charge in [-0.1, -0.05) is 29.8 Å². The number of hydrogen-bond acceptors (Lipinski definition) is 2. The quantitative estimate of drug-likeness (QED) is 0.861. The maximum absolute atomic E-state index is 10.9. The highest BCUT2D eigenvalue weighted by atomic mass is 16.4. The number of carbonyl (C=O) groups is 1. The molecule has 2 aliphatic rings. The molecule has 3 rings (SSSR count). The van der Waals surface area contributed by atoms with Crippen molar-refractivity contribution >= 4 is 5.97 Å². The molecular formula is C14H17NO2. The van der Waals surface area contributed by atoms with Crippen LogP contribution in [-0.4, -0.2) is 29.1 Å². The molecule has 17 heavy (non-hydrogen) atoms. The van der Waals surface area contributed by atoms with E-state index in [1.54, 1.807) is 0 Å². The van der Waals surface area contributed by atoms with Gasteiger partial charge in [-0.05, 0) is 24.3 Å². The van der Waals surface area contributed by atoms with Crippen molar-refractivity contribution in [1.82, 2.24) is 4.90 Å². The van der Waals surface area contributed by atoms with E-state index in [1.807, 2.05) is 0 Å². The van der Waals surface area contributed by atoms with Gasteiger partial charge in [0.25, 0.3) is 0 Å². The Morgan fingerprint density at radius 1 is 1.29 bits per heavy atom.